The molecule has 1 aromatic carbocycles. The van der Waals surface area contributed by atoms with E-state index < -0.39 is 5.63 Å². The Morgan fingerprint density at radius 1 is 1.29 bits per heavy atom. The summed E-state index contributed by atoms with van der Waals surface area (Å²) in [5.74, 6) is 0.0592. The third-order valence-corrected chi connectivity index (χ3v) is 2.02. The molecule has 0 bridgehead atoms. The van der Waals surface area contributed by atoms with E-state index in [0.29, 0.717) is 10.8 Å². The van der Waals surface area contributed by atoms with E-state index in [1.165, 1.54) is 6.08 Å². The highest BCUT2D eigenvalue weighted by atomic mass is 16.4. The van der Waals surface area contributed by atoms with Gasteiger partial charge in [0.15, 0.2) is 11.5 Å². The molecule has 0 unspecified atom stereocenters. The van der Waals surface area contributed by atoms with E-state index in [2.05, 4.69) is 6.58 Å². The zero-order valence-electron chi connectivity index (χ0n) is 7.36. The van der Waals surface area contributed by atoms with Gasteiger partial charge in [-0.05, 0) is 12.1 Å². The van der Waals surface area contributed by atoms with Gasteiger partial charge >= 0.3 is 5.63 Å². The minimum atomic E-state index is -0.465. The molecule has 0 fully saturated rings. The minimum absolute atomic E-state index is 0.0461. The van der Waals surface area contributed by atoms with E-state index in [0.717, 1.165) is 0 Å². The van der Waals surface area contributed by atoms with Gasteiger partial charge in [-0.2, -0.15) is 0 Å². The Hall–Kier alpha value is -2.03. The number of hydrogen-bond acceptors (Lipinski definition) is 3. The summed E-state index contributed by atoms with van der Waals surface area (Å²) in [7, 11) is 0. The quantitative estimate of drug-likeness (QED) is 0.745. The number of fused-ring (bicyclic) bond motifs is 1. The fourth-order valence-corrected chi connectivity index (χ4v) is 1.34. The lowest BCUT2D eigenvalue weighted by molar-refractivity contribution is 0.426. The molecule has 2 rings (SSSR count). The average Bonchev–Trinajstić information content (AvgIpc) is 2.23. The van der Waals surface area contributed by atoms with E-state index in [-0.39, 0.29) is 11.5 Å². The molecule has 0 saturated carbocycles. The van der Waals surface area contributed by atoms with Gasteiger partial charge in [0.05, 0.1) is 5.39 Å². The SMILES string of the molecule is C=Cc1oc(=O)c2ccccc2c1O. The van der Waals surface area contributed by atoms with Crippen LogP contribution in [0.3, 0.4) is 0 Å². The van der Waals surface area contributed by atoms with Crippen LogP contribution in [0.2, 0.25) is 0 Å². The first kappa shape index (κ1) is 8.56. The second kappa shape index (κ2) is 3.03. The van der Waals surface area contributed by atoms with Crippen LogP contribution in [-0.4, -0.2) is 5.11 Å². The van der Waals surface area contributed by atoms with Crippen LogP contribution in [0.1, 0.15) is 5.76 Å². The van der Waals surface area contributed by atoms with Gasteiger partial charge in [0.2, 0.25) is 0 Å². The summed E-state index contributed by atoms with van der Waals surface area (Å²) < 4.78 is 4.85. The molecule has 3 heteroatoms. The Morgan fingerprint density at radius 3 is 2.57 bits per heavy atom. The fourth-order valence-electron chi connectivity index (χ4n) is 1.34. The summed E-state index contributed by atoms with van der Waals surface area (Å²) in [6, 6.07) is 6.73. The summed E-state index contributed by atoms with van der Waals surface area (Å²) in [4.78, 5) is 11.4. The molecule has 1 heterocycles. The summed E-state index contributed by atoms with van der Waals surface area (Å²) in [6.45, 7) is 3.45. The lowest BCUT2D eigenvalue weighted by Crippen LogP contribution is -2.00. The number of benzene rings is 1. The number of rotatable bonds is 1. The third-order valence-electron chi connectivity index (χ3n) is 2.02. The maximum absolute atomic E-state index is 11.4. The molecule has 0 aliphatic heterocycles. The van der Waals surface area contributed by atoms with Crippen LogP contribution in [0.4, 0.5) is 0 Å². The molecule has 0 amide bonds. The second-order valence-corrected chi connectivity index (χ2v) is 2.85. The molecule has 0 radical (unpaired) electrons. The number of aromatic hydroxyl groups is 1. The van der Waals surface area contributed by atoms with Crippen LogP contribution in [-0.2, 0) is 0 Å². The molecule has 0 saturated heterocycles. The maximum Gasteiger partial charge on any atom is 0.344 e. The summed E-state index contributed by atoms with van der Waals surface area (Å²) in [5, 5.41) is 10.5. The summed E-state index contributed by atoms with van der Waals surface area (Å²) in [5.41, 5.74) is -0.465. The third kappa shape index (κ3) is 1.10. The van der Waals surface area contributed by atoms with Crippen molar-refractivity contribution >= 4 is 16.8 Å². The highest BCUT2D eigenvalue weighted by Crippen LogP contribution is 2.26. The highest BCUT2D eigenvalue weighted by molar-refractivity contribution is 5.88. The van der Waals surface area contributed by atoms with Crippen molar-refractivity contribution in [3.63, 3.8) is 0 Å². The first-order valence-electron chi connectivity index (χ1n) is 4.11. The van der Waals surface area contributed by atoms with Gasteiger partial charge in [0.1, 0.15) is 0 Å². The van der Waals surface area contributed by atoms with Crippen LogP contribution < -0.4 is 5.63 Å². The van der Waals surface area contributed by atoms with E-state index in [1.54, 1.807) is 24.3 Å². The monoisotopic (exact) mass is 188 g/mol. The minimum Gasteiger partial charge on any atom is -0.504 e. The van der Waals surface area contributed by atoms with Crippen LogP contribution >= 0.6 is 0 Å². The summed E-state index contributed by atoms with van der Waals surface area (Å²) in [6.07, 6.45) is 1.31. The van der Waals surface area contributed by atoms with Crippen molar-refractivity contribution in [2.24, 2.45) is 0 Å². The van der Waals surface area contributed by atoms with Gasteiger partial charge in [-0.1, -0.05) is 24.8 Å². The standard InChI is InChI=1S/C11H8O3/c1-2-9-10(12)7-5-3-4-6-8(7)11(13)14-9/h2-6,12H,1H2. The van der Waals surface area contributed by atoms with Crippen LogP contribution in [0.5, 0.6) is 5.75 Å². The van der Waals surface area contributed by atoms with Crippen LogP contribution in [0.25, 0.3) is 16.8 Å². The van der Waals surface area contributed by atoms with Gasteiger partial charge < -0.3 is 9.52 Å². The largest absolute Gasteiger partial charge is 0.504 e. The van der Waals surface area contributed by atoms with Crippen LogP contribution in [0, 0.1) is 0 Å². The van der Waals surface area contributed by atoms with Gasteiger partial charge in [-0.25, -0.2) is 4.79 Å². The highest BCUT2D eigenvalue weighted by Gasteiger charge is 2.08. The van der Waals surface area contributed by atoms with Crippen molar-refractivity contribution in [3.8, 4) is 5.75 Å². The zero-order valence-corrected chi connectivity index (χ0v) is 7.36. The average molecular weight is 188 g/mol. The van der Waals surface area contributed by atoms with Crippen molar-refractivity contribution in [2.45, 2.75) is 0 Å². The lowest BCUT2D eigenvalue weighted by Gasteiger charge is -2.01. The van der Waals surface area contributed by atoms with Gasteiger partial charge in [0.25, 0.3) is 0 Å². The molecular formula is C11H8O3. The Labute approximate surface area is 79.9 Å². The molecule has 70 valence electrons. The molecular weight excluding hydrogens is 180 g/mol. The summed E-state index contributed by atoms with van der Waals surface area (Å²) >= 11 is 0. The van der Waals surface area contributed by atoms with E-state index in [4.69, 9.17) is 4.42 Å². The van der Waals surface area contributed by atoms with Crippen molar-refractivity contribution < 1.29 is 9.52 Å². The lowest BCUT2D eigenvalue weighted by atomic mass is 10.1. The predicted octanol–water partition coefficient (Wildman–Crippen LogP) is 2.14. The van der Waals surface area contributed by atoms with Gasteiger partial charge in [-0.15, -0.1) is 0 Å². The van der Waals surface area contributed by atoms with Crippen molar-refractivity contribution in [1.82, 2.24) is 0 Å². The Kier molecular flexibility index (Phi) is 1.85. The molecule has 14 heavy (non-hydrogen) atoms. The molecule has 1 N–H and O–H groups in total. The molecule has 0 spiro atoms. The van der Waals surface area contributed by atoms with Crippen LogP contribution in [0.15, 0.2) is 40.1 Å². The fraction of sp³-hybridized carbons (Fsp3) is 0. The molecule has 0 aliphatic rings. The molecule has 1 aromatic heterocycles. The van der Waals surface area contributed by atoms with E-state index in [1.807, 2.05) is 0 Å². The first-order chi connectivity index (χ1) is 6.74. The van der Waals surface area contributed by atoms with Gasteiger partial charge in [0, 0.05) is 5.39 Å². The first-order valence-corrected chi connectivity index (χ1v) is 4.11. The number of hydrogen-bond donors (Lipinski definition) is 1. The van der Waals surface area contributed by atoms with E-state index >= 15 is 0 Å². The smallest absolute Gasteiger partial charge is 0.344 e. The Bertz CT molecular complexity index is 552. The molecule has 3 nitrogen and oxygen atoms in total. The Balaban J connectivity index is 3.02. The van der Waals surface area contributed by atoms with E-state index in [9.17, 15) is 9.90 Å². The Morgan fingerprint density at radius 2 is 1.93 bits per heavy atom. The predicted molar refractivity (Wildman–Crippen MR) is 54.2 cm³/mol. The molecule has 0 atom stereocenters. The van der Waals surface area contributed by atoms with Crippen molar-refractivity contribution in [3.05, 3.63) is 47.0 Å². The molecule has 0 aliphatic carbocycles. The second-order valence-electron chi connectivity index (χ2n) is 2.85. The zero-order chi connectivity index (χ0) is 10.1. The normalized spacial score (nSPS) is 10.3. The maximum atomic E-state index is 11.4. The van der Waals surface area contributed by atoms with Crippen molar-refractivity contribution in [1.29, 1.82) is 0 Å². The van der Waals surface area contributed by atoms with Gasteiger partial charge in [-0.3, -0.25) is 0 Å². The topological polar surface area (TPSA) is 50.4 Å². The molecule has 2 aromatic rings. The van der Waals surface area contributed by atoms with Crippen molar-refractivity contribution in [2.75, 3.05) is 0 Å².